The standard InChI is InChI=1S/C14H31NO2/c1-4-7-10-16-11-12-17-14(8-5-2)13-15-9-6-3/h14-15H,4-13H2,1-3H3. The van der Waals surface area contributed by atoms with Crippen LogP contribution in [0, 0.1) is 0 Å². The van der Waals surface area contributed by atoms with Gasteiger partial charge in [-0.15, -0.1) is 0 Å². The van der Waals surface area contributed by atoms with E-state index in [0.717, 1.165) is 45.8 Å². The Morgan fingerprint density at radius 1 is 0.941 bits per heavy atom. The Morgan fingerprint density at radius 3 is 2.41 bits per heavy atom. The van der Waals surface area contributed by atoms with Gasteiger partial charge in [0.1, 0.15) is 0 Å². The molecule has 0 radical (unpaired) electrons. The van der Waals surface area contributed by atoms with Crippen molar-refractivity contribution in [3.63, 3.8) is 0 Å². The largest absolute Gasteiger partial charge is 0.379 e. The average Bonchev–Trinajstić information content (AvgIpc) is 2.34. The maximum Gasteiger partial charge on any atom is 0.0704 e. The average molecular weight is 245 g/mol. The number of hydrogen-bond acceptors (Lipinski definition) is 3. The van der Waals surface area contributed by atoms with Crippen molar-refractivity contribution in [3.05, 3.63) is 0 Å². The normalized spacial score (nSPS) is 12.9. The summed E-state index contributed by atoms with van der Waals surface area (Å²) in [6.45, 7) is 10.9. The topological polar surface area (TPSA) is 30.5 Å². The zero-order valence-electron chi connectivity index (χ0n) is 12.0. The molecule has 0 saturated carbocycles. The molecule has 104 valence electrons. The molecular weight excluding hydrogens is 214 g/mol. The molecule has 1 N–H and O–H groups in total. The fraction of sp³-hybridized carbons (Fsp3) is 1.00. The highest BCUT2D eigenvalue weighted by Gasteiger charge is 2.06. The minimum Gasteiger partial charge on any atom is -0.379 e. The number of hydrogen-bond donors (Lipinski definition) is 1. The fourth-order valence-corrected chi connectivity index (χ4v) is 1.63. The summed E-state index contributed by atoms with van der Waals surface area (Å²) in [5, 5.41) is 3.42. The van der Waals surface area contributed by atoms with Gasteiger partial charge < -0.3 is 14.8 Å². The Balaban J connectivity index is 3.41. The number of unbranched alkanes of at least 4 members (excludes halogenated alkanes) is 1. The number of rotatable bonds is 13. The molecule has 0 heterocycles. The van der Waals surface area contributed by atoms with Gasteiger partial charge in [0.2, 0.25) is 0 Å². The van der Waals surface area contributed by atoms with Crippen molar-refractivity contribution < 1.29 is 9.47 Å². The molecular formula is C14H31NO2. The first-order chi connectivity index (χ1) is 8.35. The molecule has 1 atom stereocenters. The second-order valence-corrected chi connectivity index (χ2v) is 4.45. The van der Waals surface area contributed by atoms with E-state index in [2.05, 4.69) is 26.1 Å². The molecule has 1 unspecified atom stereocenters. The van der Waals surface area contributed by atoms with Crippen molar-refractivity contribution in [1.82, 2.24) is 5.32 Å². The van der Waals surface area contributed by atoms with Crippen molar-refractivity contribution >= 4 is 0 Å². The molecule has 0 amide bonds. The van der Waals surface area contributed by atoms with E-state index < -0.39 is 0 Å². The van der Waals surface area contributed by atoms with Gasteiger partial charge in [0.15, 0.2) is 0 Å². The quantitative estimate of drug-likeness (QED) is 0.506. The lowest BCUT2D eigenvalue weighted by atomic mass is 10.2. The third-order valence-electron chi connectivity index (χ3n) is 2.63. The minimum atomic E-state index is 0.348. The molecule has 0 aromatic heterocycles. The monoisotopic (exact) mass is 245 g/mol. The molecule has 0 aromatic rings. The van der Waals surface area contributed by atoms with Crippen LogP contribution in [0.4, 0.5) is 0 Å². The molecule has 0 bridgehead atoms. The summed E-state index contributed by atoms with van der Waals surface area (Å²) < 4.78 is 11.3. The van der Waals surface area contributed by atoms with Crippen molar-refractivity contribution in [2.45, 2.75) is 59.0 Å². The highest BCUT2D eigenvalue weighted by atomic mass is 16.5. The molecule has 0 aromatic carbocycles. The van der Waals surface area contributed by atoms with Crippen LogP contribution in [0.2, 0.25) is 0 Å². The first kappa shape index (κ1) is 16.9. The van der Waals surface area contributed by atoms with Crippen molar-refractivity contribution in [2.75, 3.05) is 32.9 Å². The molecule has 0 aliphatic carbocycles. The molecule has 0 fully saturated rings. The summed E-state index contributed by atoms with van der Waals surface area (Å²) >= 11 is 0. The number of nitrogens with one attached hydrogen (secondary N) is 1. The van der Waals surface area contributed by atoms with Gasteiger partial charge in [-0.2, -0.15) is 0 Å². The van der Waals surface area contributed by atoms with Crippen LogP contribution in [0.5, 0.6) is 0 Å². The molecule has 0 rings (SSSR count). The third kappa shape index (κ3) is 12.1. The predicted molar refractivity (Wildman–Crippen MR) is 73.5 cm³/mol. The van der Waals surface area contributed by atoms with Crippen LogP contribution in [0.15, 0.2) is 0 Å². The second-order valence-electron chi connectivity index (χ2n) is 4.45. The lowest BCUT2D eigenvalue weighted by Gasteiger charge is -2.17. The maximum absolute atomic E-state index is 5.82. The van der Waals surface area contributed by atoms with E-state index >= 15 is 0 Å². The molecule has 17 heavy (non-hydrogen) atoms. The van der Waals surface area contributed by atoms with Gasteiger partial charge in [0, 0.05) is 13.2 Å². The van der Waals surface area contributed by atoms with Gasteiger partial charge in [-0.1, -0.05) is 33.6 Å². The van der Waals surface area contributed by atoms with Gasteiger partial charge in [0.05, 0.1) is 19.3 Å². The predicted octanol–water partition coefficient (Wildman–Crippen LogP) is 2.99. The van der Waals surface area contributed by atoms with Gasteiger partial charge >= 0.3 is 0 Å². The Hall–Kier alpha value is -0.120. The van der Waals surface area contributed by atoms with Gasteiger partial charge in [-0.05, 0) is 25.8 Å². The van der Waals surface area contributed by atoms with Crippen LogP contribution in [0.25, 0.3) is 0 Å². The van der Waals surface area contributed by atoms with Crippen LogP contribution in [0.1, 0.15) is 52.9 Å². The zero-order chi connectivity index (χ0) is 12.8. The Labute approximate surface area is 107 Å². The lowest BCUT2D eigenvalue weighted by molar-refractivity contribution is 0.00122. The van der Waals surface area contributed by atoms with Crippen LogP contribution in [0.3, 0.4) is 0 Å². The number of ether oxygens (including phenoxy) is 2. The summed E-state index contributed by atoms with van der Waals surface area (Å²) in [6, 6.07) is 0. The van der Waals surface area contributed by atoms with E-state index in [1.807, 2.05) is 0 Å². The van der Waals surface area contributed by atoms with Crippen LogP contribution in [-0.2, 0) is 9.47 Å². The van der Waals surface area contributed by atoms with E-state index in [1.54, 1.807) is 0 Å². The Kier molecular flexibility index (Phi) is 13.8. The fourth-order valence-electron chi connectivity index (χ4n) is 1.63. The second kappa shape index (κ2) is 13.9. The minimum absolute atomic E-state index is 0.348. The SMILES string of the molecule is CCCCOCCOC(CCC)CNCCC. The third-order valence-corrected chi connectivity index (χ3v) is 2.63. The molecule has 0 aliphatic rings. The molecule has 0 saturated heterocycles. The van der Waals surface area contributed by atoms with E-state index in [4.69, 9.17) is 9.47 Å². The van der Waals surface area contributed by atoms with Crippen LogP contribution < -0.4 is 5.32 Å². The first-order valence-electron chi connectivity index (χ1n) is 7.25. The van der Waals surface area contributed by atoms with Crippen LogP contribution >= 0.6 is 0 Å². The van der Waals surface area contributed by atoms with Crippen molar-refractivity contribution in [1.29, 1.82) is 0 Å². The molecule has 3 nitrogen and oxygen atoms in total. The van der Waals surface area contributed by atoms with E-state index in [0.29, 0.717) is 6.10 Å². The lowest BCUT2D eigenvalue weighted by Crippen LogP contribution is -2.30. The van der Waals surface area contributed by atoms with Gasteiger partial charge in [-0.25, -0.2) is 0 Å². The first-order valence-corrected chi connectivity index (χ1v) is 7.25. The molecule has 0 spiro atoms. The van der Waals surface area contributed by atoms with Gasteiger partial charge in [-0.3, -0.25) is 0 Å². The van der Waals surface area contributed by atoms with Crippen molar-refractivity contribution in [2.24, 2.45) is 0 Å². The zero-order valence-corrected chi connectivity index (χ0v) is 12.0. The molecule has 3 heteroatoms. The highest BCUT2D eigenvalue weighted by Crippen LogP contribution is 2.01. The van der Waals surface area contributed by atoms with E-state index in [-0.39, 0.29) is 0 Å². The highest BCUT2D eigenvalue weighted by molar-refractivity contribution is 4.61. The maximum atomic E-state index is 5.82. The summed E-state index contributed by atoms with van der Waals surface area (Å²) in [6.07, 6.45) is 6.18. The summed E-state index contributed by atoms with van der Waals surface area (Å²) in [7, 11) is 0. The Bertz CT molecular complexity index is 142. The summed E-state index contributed by atoms with van der Waals surface area (Å²) in [4.78, 5) is 0. The smallest absolute Gasteiger partial charge is 0.0704 e. The van der Waals surface area contributed by atoms with Crippen molar-refractivity contribution in [3.8, 4) is 0 Å². The van der Waals surface area contributed by atoms with Gasteiger partial charge in [0.25, 0.3) is 0 Å². The van der Waals surface area contributed by atoms with E-state index in [9.17, 15) is 0 Å². The summed E-state index contributed by atoms with van der Waals surface area (Å²) in [5.41, 5.74) is 0. The van der Waals surface area contributed by atoms with Crippen LogP contribution in [-0.4, -0.2) is 39.0 Å². The van der Waals surface area contributed by atoms with E-state index in [1.165, 1.54) is 19.3 Å². The molecule has 0 aliphatic heterocycles. The Morgan fingerprint density at radius 2 is 1.76 bits per heavy atom. The summed E-state index contributed by atoms with van der Waals surface area (Å²) in [5.74, 6) is 0.